The van der Waals surface area contributed by atoms with E-state index >= 15 is 0 Å². The Morgan fingerprint density at radius 2 is 2.10 bits per heavy atom. The van der Waals surface area contributed by atoms with Crippen LogP contribution >= 0.6 is 0 Å². The number of carbonyl (C=O) groups is 2. The van der Waals surface area contributed by atoms with Gasteiger partial charge >= 0.3 is 0 Å². The number of ether oxygens (including phenoxy) is 2. The fraction of sp³-hybridized carbons (Fsp3) is 0.435. The van der Waals surface area contributed by atoms with Crippen molar-refractivity contribution >= 4 is 17.5 Å². The molecule has 1 saturated carbocycles. The van der Waals surface area contributed by atoms with Crippen LogP contribution in [-0.2, 0) is 6.54 Å². The molecule has 1 fully saturated rings. The molecule has 31 heavy (non-hydrogen) atoms. The van der Waals surface area contributed by atoms with Gasteiger partial charge in [-0.2, -0.15) is 0 Å². The average molecular weight is 423 g/mol. The average Bonchev–Trinajstić information content (AvgIpc) is 3.30. The first-order chi connectivity index (χ1) is 14.8. The monoisotopic (exact) mass is 423 g/mol. The van der Waals surface area contributed by atoms with Crippen LogP contribution < -0.4 is 14.8 Å². The Balaban J connectivity index is 1.46. The highest BCUT2D eigenvalue weighted by Gasteiger charge is 2.48. The fourth-order valence-corrected chi connectivity index (χ4v) is 4.75. The van der Waals surface area contributed by atoms with Crippen LogP contribution in [0.3, 0.4) is 0 Å². The maximum Gasteiger partial charge on any atom is 0.260 e. The van der Waals surface area contributed by atoms with Crippen LogP contribution in [0.15, 0.2) is 24.4 Å². The van der Waals surface area contributed by atoms with Gasteiger partial charge in [-0.1, -0.05) is 12.1 Å². The Bertz CT molecular complexity index is 1090. The molecule has 0 radical (unpaired) electrons. The van der Waals surface area contributed by atoms with Crippen molar-refractivity contribution in [3.8, 4) is 11.6 Å². The molecule has 2 N–H and O–H groups in total. The molecule has 0 saturated heterocycles. The van der Waals surface area contributed by atoms with E-state index < -0.39 is 5.60 Å². The molecule has 0 bridgehead atoms. The molecular formula is C23H25N3O5. The number of carbonyl (C=O) groups excluding carboxylic acids is 2. The minimum absolute atomic E-state index is 0.0136. The quantitative estimate of drug-likeness (QED) is 0.767. The van der Waals surface area contributed by atoms with Crippen molar-refractivity contribution < 1.29 is 24.2 Å². The summed E-state index contributed by atoms with van der Waals surface area (Å²) in [4.78, 5) is 32.5. The van der Waals surface area contributed by atoms with Gasteiger partial charge in [0.1, 0.15) is 0 Å². The third-order valence-corrected chi connectivity index (χ3v) is 6.16. The first kappa shape index (κ1) is 19.8. The summed E-state index contributed by atoms with van der Waals surface area (Å²) in [6, 6.07) is 5.18. The number of hydrogen-bond donors (Lipinski definition) is 2. The summed E-state index contributed by atoms with van der Waals surface area (Å²) >= 11 is 0. The molecule has 0 spiro atoms. The lowest BCUT2D eigenvalue weighted by molar-refractivity contribution is -0.0224. The second kappa shape index (κ2) is 6.95. The van der Waals surface area contributed by atoms with Crippen molar-refractivity contribution in [2.24, 2.45) is 5.92 Å². The van der Waals surface area contributed by atoms with E-state index in [0.29, 0.717) is 40.6 Å². The Morgan fingerprint density at radius 3 is 2.81 bits per heavy atom. The molecule has 0 unspecified atom stereocenters. The molecule has 1 aliphatic carbocycles. The molecular weight excluding hydrogens is 398 g/mol. The second-order valence-electron chi connectivity index (χ2n) is 9.02. The van der Waals surface area contributed by atoms with Crippen LogP contribution in [0.1, 0.15) is 58.5 Å². The van der Waals surface area contributed by atoms with Crippen LogP contribution in [0.4, 0.5) is 5.69 Å². The van der Waals surface area contributed by atoms with Gasteiger partial charge in [0.15, 0.2) is 5.75 Å². The number of amides is 2. The molecule has 2 aliphatic heterocycles. The van der Waals surface area contributed by atoms with Crippen molar-refractivity contribution in [2.45, 2.75) is 51.8 Å². The maximum absolute atomic E-state index is 13.4. The minimum Gasteiger partial charge on any atom is -0.451 e. The minimum atomic E-state index is -1.01. The largest absolute Gasteiger partial charge is 0.451 e. The molecule has 1 aromatic carbocycles. The number of aromatic nitrogens is 1. The van der Waals surface area contributed by atoms with Crippen LogP contribution in [0.5, 0.6) is 11.6 Å². The summed E-state index contributed by atoms with van der Waals surface area (Å²) in [5.74, 6) is 0.349. The van der Waals surface area contributed by atoms with Crippen LogP contribution in [-0.4, -0.2) is 45.2 Å². The standard InChI is InChI=1S/C23H25N3O5/c1-12-9-24-21-18(30-11-31-21)16(12)20(27)25-15-6-4-5-14-10-26(22(28)17(14)15)19(13-7-8-13)23(2,3)29/h4-6,9,13,19,29H,7-8,10-11H2,1-3H3,(H,25,27)/t19-/m0/s1. The van der Waals surface area contributed by atoms with Crippen LogP contribution in [0.25, 0.3) is 0 Å². The Hall–Kier alpha value is -3.13. The highest BCUT2D eigenvalue weighted by molar-refractivity contribution is 6.12. The van der Waals surface area contributed by atoms with Gasteiger partial charge in [-0.25, -0.2) is 4.98 Å². The molecule has 2 amide bonds. The summed E-state index contributed by atoms with van der Waals surface area (Å²) in [5.41, 5.74) is 1.76. The van der Waals surface area contributed by atoms with E-state index in [2.05, 4.69) is 10.3 Å². The molecule has 1 aromatic heterocycles. The van der Waals surface area contributed by atoms with Gasteiger partial charge in [0.25, 0.3) is 17.7 Å². The maximum atomic E-state index is 13.4. The smallest absolute Gasteiger partial charge is 0.260 e. The van der Waals surface area contributed by atoms with Crippen molar-refractivity contribution in [3.05, 3.63) is 46.6 Å². The third kappa shape index (κ3) is 3.31. The Labute approximate surface area is 180 Å². The molecule has 162 valence electrons. The number of fused-ring (bicyclic) bond motifs is 2. The van der Waals surface area contributed by atoms with Crippen molar-refractivity contribution in [3.63, 3.8) is 0 Å². The zero-order valence-electron chi connectivity index (χ0n) is 17.8. The number of hydrogen-bond acceptors (Lipinski definition) is 6. The molecule has 8 nitrogen and oxygen atoms in total. The van der Waals surface area contributed by atoms with E-state index in [1.807, 2.05) is 12.1 Å². The SMILES string of the molecule is Cc1cnc2c(c1C(=O)Nc1cccc3c1C(=O)N([C@@H](C1CC1)C(C)(C)O)C3)OCO2. The highest BCUT2D eigenvalue weighted by atomic mass is 16.7. The summed E-state index contributed by atoms with van der Waals surface area (Å²) < 4.78 is 10.7. The van der Waals surface area contributed by atoms with Gasteiger partial charge in [0.05, 0.1) is 28.5 Å². The number of aryl methyl sites for hydroxylation is 1. The van der Waals surface area contributed by atoms with Crippen molar-refractivity contribution in [2.75, 3.05) is 12.1 Å². The van der Waals surface area contributed by atoms with Gasteiger partial charge in [-0.15, -0.1) is 0 Å². The Kier molecular flexibility index (Phi) is 4.44. The van der Waals surface area contributed by atoms with Gasteiger partial charge in [-0.3, -0.25) is 9.59 Å². The van der Waals surface area contributed by atoms with Crippen molar-refractivity contribution in [1.29, 1.82) is 0 Å². The van der Waals surface area contributed by atoms with Gasteiger partial charge in [-0.05, 0) is 56.7 Å². The molecule has 1 atom stereocenters. The number of nitrogens with one attached hydrogen (secondary N) is 1. The molecule has 8 heteroatoms. The lowest BCUT2D eigenvalue weighted by Gasteiger charge is -2.37. The summed E-state index contributed by atoms with van der Waals surface area (Å²) in [5, 5.41) is 13.6. The molecule has 2 aromatic rings. The predicted octanol–water partition coefficient (Wildman–Crippen LogP) is 2.88. The first-order valence-corrected chi connectivity index (χ1v) is 10.5. The fourth-order valence-electron chi connectivity index (χ4n) is 4.75. The molecule has 5 rings (SSSR count). The van der Waals surface area contributed by atoms with E-state index in [1.54, 1.807) is 37.9 Å². The lowest BCUT2D eigenvalue weighted by Crippen LogP contribution is -2.51. The second-order valence-corrected chi connectivity index (χ2v) is 9.02. The predicted molar refractivity (Wildman–Crippen MR) is 112 cm³/mol. The van der Waals surface area contributed by atoms with Crippen LogP contribution in [0.2, 0.25) is 0 Å². The highest BCUT2D eigenvalue weighted by Crippen LogP contribution is 2.44. The molecule has 3 aliphatic rings. The normalized spacial score (nSPS) is 18.2. The van der Waals surface area contributed by atoms with Gasteiger partial charge in [0, 0.05) is 12.7 Å². The third-order valence-electron chi connectivity index (χ3n) is 6.16. The number of benzene rings is 1. The zero-order chi connectivity index (χ0) is 21.9. The first-order valence-electron chi connectivity index (χ1n) is 10.5. The number of pyridine rings is 1. The number of rotatable bonds is 5. The zero-order valence-corrected chi connectivity index (χ0v) is 17.8. The summed E-state index contributed by atoms with van der Waals surface area (Å²) in [7, 11) is 0. The van der Waals surface area contributed by atoms with E-state index in [1.165, 1.54) is 0 Å². The van der Waals surface area contributed by atoms with E-state index in [-0.39, 0.29) is 30.5 Å². The topological polar surface area (TPSA) is 101 Å². The summed E-state index contributed by atoms with van der Waals surface area (Å²) in [6.45, 7) is 5.72. The Morgan fingerprint density at radius 1 is 1.32 bits per heavy atom. The van der Waals surface area contributed by atoms with Crippen LogP contribution in [0, 0.1) is 12.8 Å². The van der Waals surface area contributed by atoms with E-state index in [9.17, 15) is 14.7 Å². The van der Waals surface area contributed by atoms with E-state index in [4.69, 9.17) is 9.47 Å². The lowest BCUT2D eigenvalue weighted by atomic mass is 9.93. The molecule has 3 heterocycles. The van der Waals surface area contributed by atoms with Crippen molar-refractivity contribution in [1.82, 2.24) is 9.88 Å². The summed E-state index contributed by atoms with van der Waals surface area (Å²) in [6.07, 6.45) is 3.58. The number of anilines is 1. The van der Waals surface area contributed by atoms with Gasteiger partial charge < -0.3 is 24.8 Å². The number of nitrogens with zero attached hydrogens (tertiary/aromatic N) is 2. The van der Waals surface area contributed by atoms with E-state index in [0.717, 1.165) is 18.4 Å². The number of aliphatic hydroxyl groups is 1. The van der Waals surface area contributed by atoms with Gasteiger partial charge in [0.2, 0.25) is 6.79 Å².